The van der Waals surface area contributed by atoms with Crippen molar-refractivity contribution in [2.45, 2.75) is 13.3 Å². The number of hydrogen-bond acceptors (Lipinski definition) is 2. The van der Waals surface area contributed by atoms with Crippen LogP contribution in [0, 0.1) is 12.7 Å². The number of carbonyl (C=O) groups excluding carboxylic acids is 2. The summed E-state index contributed by atoms with van der Waals surface area (Å²) in [6, 6.07) is 13.7. The maximum absolute atomic E-state index is 14.0. The van der Waals surface area contributed by atoms with E-state index in [1.54, 1.807) is 34.1 Å². The van der Waals surface area contributed by atoms with E-state index in [-0.39, 0.29) is 17.4 Å². The van der Waals surface area contributed by atoms with Crippen LogP contribution in [0.2, 0.25) is 0 Å². The average molecular weight is 340 g/mol. The summed E-state index contributed by atoms with van der Waals surface area (Å²) in [6.07, 6.45) is 0.678. The van der Waals surface area contributed by atoms with Gasteiger partial charge in [-0.3, -0.25) is 9.59 Å². The van der Waals surface area contributed by atoms with Crippen LogP contribution in [-0.2, 0) is 0 Å². The van der Waals surface area contributed by atoms with Gasteiger partial charge in [0, 0.05) is 31.7 Å². The van der Waals surface area contributed by atoms with Gasteiger partial charge in [-0.05, 0) is 37.6 Å². The Bertz CT molecular complexity index is 777. The molecule has 1 saturated heterocycles. The highest BCUT2D eigenvalue weighted by Gasteiger charge is 2.24. The number of carbonyl (C=O) groups is 2. The van der Waals surface area contributed by atoms with E-state index in [9.17, 15) is 14.0 Å². The first kappa shape index (κ1) is 17.1. The van der Waals surface area contributed by atoms with E-state index >= 15 is 0 Å². The van der Waals surface area contributed by atoms with Crippen LogP contribution in [0.15, 0.2) is 48.5 Å². The Morgan fingerprint density at radius 1 is 0.880 bits per heavy atom. The fourth-order valence-electron chi connectivity index (χ4n) is 3.06. The van der Waals surface area contributed by atoms with E-state index in [0.29, 0.717) is 38.2 Å². The molecular formula is C20H21FN2O2. The zero-order valence-electron chi connectivity index (χ0n) is 14.2. The van der Waals surface area contributed by atoms with Crippen molar-refractivity contribution in [2.75, 3.05) is 26.2 Å². The predicted molar refractivity (Wildman–Crippen MR) is 94.0 cm³/mol. The highest BCUT2D eigenvalue weighted by atomic mass is 19.1. The van der Waals surface area contributed by atoms with Crippen molar-refractivity contribution < 1.29 is 14.0 Å². The molecule has 1 heterocycles. The van der Waals surface area contributed by atoms with E-state index in [0.717, 1.165) is 5.56 Å². The Morgan fingerprint density at radius 3 is 2.20 bits per heavy atom. The van der Waals surface area contributed by atoms with Crippen molar-refractivity contribution in [2.24, 2.45) is 0 Å². The topological polar surface area (TPSA) is 40.6 Å². The molecule has 2 amide bonds. The van der Waals surface area contributed by atoms with E-state index in [1.165, 1.54) is 6.07 Å². The molecule has 0 unspecified atom stereocenters. The van der Waals surface area contributed by atoms with Gasteiger partial charge in [0.1, 0.15) is 5.82 Å². The Balaban J connectivity index is 1.70. The van der Waals surface area contributed by atoms with Crippen molar-refractivity contribution in [1.29, 1.82) is 0 Å². The van der Waals surface area contributed by atoms with Crippen molar-refractivity contribution in [3.8, 4) is 0 Å². The van der Waals surface area contributed by atoms with Gasteiger partial charge in [-0.2, -0.15) is 0 Å². The molecule has 0 aromatic heterocycles. The third-order valence-electron chi connectivity index (χ3n) is 4.44. The molecule has 0 spiro atoms. The Labute approximate surface area is 146 Å². The molecule has 0 N–H and O–H groups in total. The SMILES string of the molecule is Cc1ccc(F)c(C(=O)N2CCCN(C(=O)c3ccccc3)CC2)c1. The number of benzene rings is 2. The molecule has 25 heavy (non-hydrogen) atoms. The van der Waals surface area contributed by atoms with Crippen LogP contribution in [-0.4, -0.2) is 47.8 Å². The Morgan fingerprint density at radius 2 is 1.52 bits per heavy atom. The monoisotopic (exact) mass is 340 g/mol. The van der Waals surface area contributed by atoms with Crippen LogP contribution in [0.1, 0.15) is 32.7 Å². The lowest BCUT2D eigenvalue weighted by Gasteiger charge is -2.22. The minimum absolute atomic E-state index is 0.0309. The summed E-state index contributed by atoms with van der Waals surface area (Å²) in [5.74, 6) is -0.844. The molecule has 0 saturated carbocycles. The summed E-state index contributed by atoms with van der Waals surface area (Å²) < 4.78 is 14.0. The van der Waals surface area contributed by atoms with Gasteiger partial charge in [0.15, 0.2) is 0 Å². The van der Waals surface area contributed by atoms with Crippen LogP contribution in [0.5, 0.6) is 0 Å². The van der Waals surface area contributed by atoms with Gasteiger partial charge in [-0.25, -0.2) is 4.39 Å². The molecular weight excluding hydrogens is 319 g/mol. The quantitative estimate of drug-likeness (QED) is 0.843. The maximum atomic E-state index is 14.0. The number of rotatable bonds is 2. The Kier molecular flexibility index (Phi) is 5.12. The molecule has 0 aliphatic carbocycles. The largest absolute Gasteiger partial charge is 0.337 e. The van der Waals surface area contributed by atoms with Crippen LogP contribution < -0.4 is 0 Å². The minimum atomic E-state index is -0.503. The minimum Gasteiger partial charge on any atom is -0.337 e. The number of nitrogens with zero attached hydrogens (tertiary/aromatic N) is 2. The second-order valence-corrected chi connectivity index (χ2v) is 6.29. The summed E-state index contributed by atoms with van der Waals surface area (Å²) in [5, 5.41) is 0. The lowest BCUT2D eigenvalue weighted by molar-refractivity contribution is 0.0716. The third kappa shape index (κ3) is 3.87. The highest BCUT2D eigenvalue weighted by molar-refractivity contribution is 5.95. The predicted octanol–water partition coefficient (Wildman–Crippen LogP) is 3.12. The van der Waals surface area contributed by atoms with Crippen molar-refractivity contribution in [1.82, 2.24) is 9.80 Å². The molecule has 1 aliphatic heterocycles. The summed E-state index contributed by atoms with van der Waals surface area (Å²) in [4.78, 5) is 28.6. The van der Waals surface area contributed by atoms with Crippen molar-refractivity contribution in [3.05, 3.63) is 71.0 Å². The molecule has 2 aromatic carbocycles. The van der Waals surface area contributed by atoms with Gasteiger partial charge in [0.05, 0.1) is 5.56 Å². The third-order valence-corrected chi connectivity index (χ3v) is 4.44. The first-order valence-corrected chi connectivity index (χ1v) is 8.46. The van der Waals surface area contributed by atoms with Gasteiger partial charge in [-0.15, -0.1) is 0 Å². The molecule has 3 rings (SSSR count). The molecule has 1 fully saturated rings. The second-order valence-electron chi connectivity index (χ2n) is 6.29. The Hall–Kier alpha value is -2.69. The molecule has 0 radical (unpaired) electrons. The number of amides is 2. The number of halogens is 1. The molecule has 130 valence electrons. The summed E-state index contributed by atoms with van der Waals surface area (Å²) >= 11 is 0. The standard InChI is InChI=1S/C20H21FN2O2/c1-15-8-9-18(21)17(14-15)20(25)23-11-5-10-22(12-13-23)19(24)16-6-3-2-4-7-16/h2-4,6-9,14H,5,10-13H2,1H3. The summed E-state index contributed by atoms with van der Waals surface area (Å²) in [7, 11) is 0. The van der Waals surface area contributed by atoms with Crippen LogP contribution >= 0.6 is 0 Å². The number of aryl methyl sites for hydroxylation is 1. The fourth-order valence-corrected chi connectivity index (χ4v) is 3.06. The molecule has 0 bridgehead atoms. The fraction of sp³-hybridized carbons (Fsp3) is 0.300. The zero-order valence-corrected chi connectivity index (χ0v) is 14.2. The first-order valence-electron chi connectivity index (χ1n) is 8.46. The van der Waals surface area contributed by atoms with Gasteiger partial charge in [0.2, 0.25) is 0 Å². The van der Waals surface area contributed by atoms with E-state index < -0.39 is 5.82 Å². The first-order chi connectivity index (χ1) is 12.1. The van der Waals surface area contributed by atoms with Crippen molar-refractivity contribution >= 4 is 11.8 Å². The maximum Gasteiger partial charge on any atom is 0.256 e. The highest BCUT2D eigenvalue weighted by Crippen LogP contribution is 2.15. The second kappa shape index (κ2) is 7.47. The van der Waals surface area contributed by atoms with Gasteiger partial charge in [-0.1, -0.05) is 29.8 Å². The number of hydrogen-bond donors (Lipinski definition) is 0. The van der Waals surface area contributed by atoms with Gasteiger partial charge >= 0.3 is 0 Å². The molecule has 0 atom stereocenters. The van der Waals surface area contributed by atoms with E-state index in [1.807, 2.05) is 25.1 Å². The van der Waals surface area contributed by atoms with Crippen LogP contribution in [0.3, 0.4) is 0 Å². The van der Waals surface area contributed by atoms with Gasteiger partial charge < -0.3 is 9.80 Å². The van der Waals surface area contributed by atoms with E-state index in [4.69, 9.17) is 0 Å². The zero-order chi connectivity index (χ0) is 17.8. The molecule has 2 aromatic rings. The van der Waals surface area contributed by atoms with Crippen LogP contribution in [0.4, 0.5) is 4.39 Å². The van der Waals surface area contributed by atoms with Gasteiger partial charge in [0.25, 0.3) is 11.8 Å². The summed E-state index contributed by atoms with van der Waals surface area (Å²) in [6.45, 7) is 3.80. The molecule has 5 heteroatoms. The lowest BCUT2D eigenvalue weighted by atomic mass is 10.1. The van der Waals surface area contributed by atoms with Crippen molar-refractivity contribution in [3.63, 3.8) is 0 Å². The average Bonchev–Trinajstić information content (AvgIpc) is 2.89. The normalized spacial score (nSPS) is 15.0. The summed E-state index contributed by atoms with van der Waals surface area (Å²) in [5.41, 5.74) is 1.59. The molecule has 1 aliphatic rings. The van der Waals surface area contributed by atoms with Crippen LogP contribution in [0.25, 0.3) is 0 Å². The van der Waals surface area contributed by atoms with E-state index in [2.05, 4.69) is 0 Å². The smallest absolute Gasteiger partial charge is 0.256 e. The lowest BCUT2D eigenvalue weighted by Crippen LogP contribution is -2.37. The molecule has 4 nitrogen and oxygen atoms in total.